The van der Waals surface area contributed by atoms with E-state index in [0.717, 1.165) is 15.8 Å². The Morgan fingerprint density at radius 2 is 2.18 bits per heavy atom. The third-order valence-electron chi connectivity index (χ3n) is 3.29. The number of ether oxygens (including phenoxy) is 1. The highest BCUT2D eigenvalue weighted by molar-refractivity contribution is 7.17. The number of hydrogen-bond acceptors (Lipinski definition) is 6. The average Bonchev–Trinajstić information content (AvgIpc) is 2.90. The summed E-state index contributed by atoms with van der Waals surface area (Å²) in [5.41, 5.74) is 7.49. The van der Waals surface area contributed by atoms with E-state index in [1.165, 1.54) is 13.4 Å². The number of fused-ring (bicyclic) bond motifs is 1. The maximum atomic E-state index is 11.3. The molecule has 0 fully saturated rings. The van der Waals surface area contributed by atoms with Gasteiger partial charge in [0.1, 0.15) is 22.7 Å². The van der Waals surface area contributed by atoms with Crippen molar-refractivity contribution in [3.63, 3.8) is 0 Å². The van der Waals surface area contributed by atoms with Crippen LogP contribution in [0.5, 0.6) is 5.75 Å². The highest BCUT2D eigenvalue weighted by Crippen LogP contribution is 2.33. The van der Waals surface area contributed by atoms with Gasteiger partial charge in [0, 0.05) is 5.56 Å². The Bertz CT molecular complexity index is 860. The molecular weight excluding hydrogens is 300 g/mol. The van der Waals surface area contributed by atoms with Gasteiger partial charge in [0.25, 0.3) is 0 Å². The normalized spacial score (nSPS) is 10.6. The zero-order valence-electron chi connectivity index (χ0n) is 12.1. The molecule has 7 heteroatoms. The summed E-state index contributed by atoms with van der Waals surface area (Å²) in [4.78, 5) is 20.7. The van der Waals surface area contributed by atoms with Gasteiger partial charge in [0.05, 0.1) is 18.2 Å². The van der Waals surface area contributed by atoms with Crippen LogP contribution in [-0.4, -0.2) is 23.0 Å². The fourth-order valence-corrected chi connectivity index (χ4v) is 3.08. The van der Waals surface area contributed by atoms with Gasteiger partial charge in [-0.1, -0.05) is 0 Å². The largest absolute Gasteiger partial charge is 0.495 e. The molecule has 0 unspecified atom stereocenters. The van der Waals surface area contributed by atoms with Crippen molar-refractivity contribution < 1.29 is 9.53 Å². The maximum Gasteiger partial charge on any atom is 0.248 e. The molecule has 3 rings (SSSR count). The van der Waals surface area contributed by atoms with Crippen LogP contribution >= 0.6 is 11.3 Å². The Labute approximate surface area is 131 Å². The van der Waals surface area contributed by atoms with Gasteiger partial charge < -0.3 is 15.8 Å². The predicted molar refractivity (Wildman–Crippen MR) is 86.9 cm³/mol. The van der Waals surface area contributed by atoms with Crippen LogP contribution in [0.25, 0.3) is 10.2 Å². The molecule has 1 amide bonds. The van der Waals surface area contributed by atoms with Crippen LogP contribution in [0.2, 0.25) is 0 Å². The second kappa shape index (κ2) is 5.61. The van der Waals surface area contributed by atoms with Crippen LogP contribution in [0, 0.1) is 6.92 Å². The molecule has 3 aromatic rings. The molecule has 3 N–H and O–H groups in total. The lowest BCUT2D eigenvalue weighted by atomic mass is 10.1. The zero-order valence-corrected chi connectivity index (χ0v) is 12.9. The molecule has 0 aliphatic rings. The Balaban J connectivity index is 2.05. The van der Waals surface area contributed by atoms with Gasteiger partial charge in [-0.3, -0.25) is 4.79 Å². The lowest BCUT2D eigenvalue weighted by Gasteiger charge is -2.12. The van der Waals surface area contributed by atoms with Crippen LogP contribution in [0.1, 0.15) is 15.9 Å². The Morgan fingerprint density at radius 1 is 1.36 bits per heavy atom. The summed E-state index contributed by atoms with van der Waals surface area (Å²) in [5.74, 6) is 0.729. The van der Waals surface area contributed by atoms with Crippen molar-refractivity contribution in [1.29, 1.82) is 0 Å². The Hall–Kier alpha value is -2.67. The first-order valence-electron chi connectivity index (χ1n) is 6.54. The molecule has 0 aliphatic heterocycles. The van der Waals surface area contributed by atoms with E-state index >= 15 is 0 Å². The molecule has 6 nitrogen and oxygen atoms in total. The van der Waals surface area contributed by atoms with Gasteiger partial charge in [0.15, 0.2) is 0 Å². The molecule has 0 saturated heterocycles. The summed E-state index contributed by atoms with van der Waals surface area (Å²) in [7, 11) is 1.54. The van der Waals surface area contributed by atoms with Crippen LogP contribution in [0.15, 0.2) is 29.9 Å². The van der Waals surface area contributed by atoms with E-state index in [4.69, 9.17) is 10.5 Å². The first-order valence-corrected chi connectivity index (χ1v) is 7.41. The number of nitrogens with one attached hydrogen (secondary N) is 1. The SMILES string of the molecule is COc1cc(C(N)=O)ccc1Nc1ncnc2scc(C)c12. The number of aryl methyl sites for hydroxylation is 1. The Morgan fingerprint density at radius 3 is 2.91 bits per heavy atom. The summed E-state index contributed by atoms with van der Waals surface area (Å²) in [6.45, 7) is 2.01. The number of amides is 1. The number of anilines is 2. The summed E-state index contributed by atoms with van der Waals surface area (Å²) < 4.78 is 5.32. The maximum absolute atomic E-state index is 11.3. The van der Waals surface area contributed by atoms with Crippen LogP contribution in [-0.2, 0) is 0 Å². The number of methoxy groups -OCH3 is 1. The number of benzene rings is 1. The lowest BCUT2D eigenvalue weighted by molar-refractivity contribution is 0.1000. The minimum absolute atomic E-state index is 0.391. The van der Waals surface area contributed by atoms with E-state index in [0.29, 0.717) is 22.8 Å². The van der Waals surface area contributed by atoms with Crippen LogP contribution in [0.4, 0.5) is 11.5 Å². The molecule has 0 aliphatic carbocycles. The third kappa shape index (κ3) is 2.46. The summed E-state index contributed by atoms with van der Waals surface area (Å²) in [5, 5.41) is 6.26. The predicted octanol–water partition coefficient (Wildman–Crippen LogP) is 2.85. The molecule has 0 radical (unpaired) electrons. The summed E-state index contributed by atoms with van der Waals surface area (Å²) >= 11 is 1.57. The number of hydrogen-bond donors (Lipinski definition) is 2. The minimum Gasteiger partial charge on any atom is -0.495 e. The fourth-order valence-electron chi connectivity index (χ4n) is 2.19. The molecule has 2 heterocycles. The molecular formula is C15H14N4O2S. The third-order valence-corrected chi connectivity index (χ3v) is 4.30. The van der Waals surface area contributed by atoms with Gasteiger partial charge in [-0.05, 0) is 36.1 Å². The highest BCUT2D eigenvalue weighted by Gasteiger charge is 2.12. The minimum atomic E-state index is -0.497. The standard InChI is InChI=1S/C15H14N4O2S/c1-8-6-22-15-12(8)14(17-7-18-15)19-10-4-3-9(13(16)20)5-11(10)21-2/h3-7H,1-2H3,(H2,16,20)(H,17,18,19). The van der Waals surface area contributed by atoms with Gasteiger partial charge >= 0.3 is 0 Å². The van der Waals surface area contributed by atoms with E-state index in [9.17, 15) is 4.79 Å². The lowest BCUT2D eigenvalue weighted by Crippen LogP contribution is -2.11. The number of nitrogens with two attached hydrogens (primary N) is 1. The van der Waals surface area contributed by atoms with E-state index in [2.05, 4.69) is 15.3 Å². The second-order valence-corrected chi connectivity index (χ2v) is 5.58. The van der Waals surface area contributed by atoms with Gasteiger partial charge in [-0.2, -0.15) is 0 Å². The second-order valence-electron chi connectivity index (χ2n) is 4.73. The van der Waals surface area contributed by atoms with E-state index < -0.39 is 5.91 Å². The van der Waals surface area contributed by atoms with E-state index in [1.807, 2.05) is 12.3 Å². The molecule has 0 spiro atoms. The Kier molecular flexibility index (Phi) is 3.64. The van der Waals surface area contributed by atoms with E-state index in [-0.39, 0.29) is 0 Å². The molecule has 1 aromatic carbocycles. The number of aromatic nitrogens is 2. The molecule has 0 saturated carbocycles. The molecule has 112 valence electrons. The number of nitrogens with zero attached hydrogens (tertiary/aromatic N) is 2. The number of primary amides is 1. The summed E-state index contributed by atoms with van der Waals surface area (Å²) in [6, 6.07) is 4.99. The topological polar surface area (TPSA) is 90.1 Å². The smallest absolute Gasteiger partial charge is 0.248 e. The number of thiophene rings is 1. The number of carbonyl (C=O) groups excluding carboxylic acids is 1. The van der Waals surface area contributed by atoms with E-state index in [1.54, 1.807) is 29.5 Å². The average molecular weight is 314 g/mol. The number of rotatable bonds is 4. The molecule has 0 atom stereocenters. The summed E-state index contributed by atoms with van der Waals surface area (Å²) in [6.07, 6.45) is 1.52. The quantitative estimate of drug-likeness (QED) is 0.773. The van der Waals surface area contributed by atoms with Crippen LogP contribution < -0.4 is 15.8 Å². The molecule has 0 bridgehead atoms. The number of carbonyl (C=O) groups is 1. The molecule has 2 aromatic heterocycles. The monoisotopic (exact) mass is 314 g/mol. The van der Waals surface area contributed by atoms with Gasteiger partial charge in [-0.15, -0.1) is 11.3 Å². The van der Waals surface area contributed by atoms with Crippen molar-refractivity contribution in [2.24, 2.45) is 5.73 Å². The van der Waals surface area contributed by atoms with Crippen LogP contribution in [0.3, 0.4) is 0 Å². The zero-order chi connectivity index (χ0) is 15.7. The van der Waals surface area contributed by atoms with Crippen molar-refractivity contribution in [3.8, 4) is 5.75 Å². The van der Waals surface area contributed by atoms with Gasteiger partial charge in [-0.25, -0.2) is 9.97 Å². The molecule has 22 heavy (non-hydrogen) atoms. The van der Waals surface area contributed by atoms with Crippen molar-refractivity contribution in [3.05, 3.63) is 41.0 Å². The fraction of sp³-hybridized carbons (Fsp3) is 0.133. The first-order chi connectivity index (χ1) is 10.6. The van der Waals surface area contributed by atoms with Gasteiger partial charge in [0.2, 0.25) is 5.91 Å². The first kappa shape index (κ1) is 14.3. The van der Waals surface area contributed by atoms with Crippen molar-refractivity contribution in [2.75, 3.05) is 12.4 Å². The van der Waals surface area contributed by atoms with Crippen molar-refractivity contribution >= 4 is 39.0 Å². The van der Waals surface area contributed by atoms with Crippen molar-refractivity contribution in [2.45, 2.75) is 6.92 Å². The van der Waals surface area contributed by atoms with Crippen molar-refractivity contribution in [1.82, 2.24) is 9.97 Å². The highest BCUT2D eigenvalue weighted by atomic mass is 32.1.